The normalized spacial score (nSPS) is 34.3. The monoisotopic (exact) mass is 251 g/mol. The van der Waals surface area contributed by atoms with Gasteiger partial charge in [0.2, 0.25) is 5.91 Å². The number of piperidine rings is 1. The smallest absolute Gasteiger partial charge is 0.240 e. The van der Waals surface area contributed by atoms with Crippen molar-refractivity contribution in [1.82, 2.24) is 15.1 Å². The van der Waals surface area contributed by atoms with Crippen molar-refractivity contribution in [2.45, 2.75) is 57.2 Å². The predicted octanol–water partition coefficient (Wildman–Crippen LogP) is 0.824. The maximum Gasteiger partial charge on any atom is 0.240 e. The molecule has 0 aromatic heterocycles. The highest BCUT2D eigenvalue weighted by Gasteiger charge is 2.39. The quantitative estimate of drug-likeness (QED) is 0.803. The topological polar surface area (TPSA) is 35.6 Å². The van der Waals surface area contributed by atoms with E-state index in [0.29, 0.717) is 11.9 Å². The number of nitrogens with zero attached hydrogens (tertiary/aromatic N) is 2. The fourth-order valence-electron chi connectivity index (χ4n) is 3.49. The Balaban J connectivity index is 1.59. The molecule has 2 heterocycles. The second-order valence-corrected chi connectivity index (χ2v) is 5.95. The van der Waals surface area contributed by atoms with Gasteiger partial charge in [-0.25, -0.2) is 0 Å². The highest BCUT2D eigenvalue weighted by atomic mass is 16.2. The molecule has 0 aromatic rings. The first kappa shape index (κ1) is 12.4. The van der Waals surface area contributed by atoms with Crippen molar-refractivity contribution in [3.63, 3.8) is 0 Å². The molecule has 3 aliphatic rings. The molecule has 1 amide bonds. The Morgan fingerprint density at radius 1 is 1.17 bits per heavy atom. The Kier molecular flexibility index (Phi) is 3.57. The van der Waals surface area contributed by atoms with Gasteiger partial charge in [-0.05, 0) is 38.6 Å². The van der Waals surface area contributed by atoms with Crippen LogP contribution in [0.1, 0.15) is 39.0 Å². The molecule has 0 radical (unpaired) electrons. The Hall–Kier alpha value is -0.610. The van der Waals surface area contributed by atoms with Gasteiger partial charge >= 0.3 is 0 Å². The van der Waals surface area contributed by atoms with Gasteiger partial charge < -0.3 is 10.2 Å². The van der Waals surface area contributed by atoms with Gasteiger partial charge in [-0.3, -0.25) is 9.69 Å². The van der Waals surface area contributed by atoms with Crippen LogP contribution in [0.25, 0.3) is 0 Å². The van der Waals surface area contributed by atoms with E-state index in [2.05, 4.69) is 22.0 Å². The third-order valence-electron chi connectivity index (χ3n) is 4.62. The average Bonchev–Trinajstić information content (AvgIpc) is 3.11. The zero-order chi connectivity index (χ0) is 12.5. The first-order valence-electron chi connectivity index (χ1n) is 7.57. The van der Waals surface area contributed by atoms with Crippen molar-refractivity contribution in [3.8, 4) is 0 Å². The summed E-state index contributed by atoms with van der Waals surface area (Å²) in [4.78, 5) is 17.2. The standard InChI is InChI=1S/C14H25N3O/c1-2-15-13-4-3-8-17(14(13)18)12-7-9-16(10-12)11-5-6-11/h11-13,15H,2-10H2,1H3. The third-order valence-corrected chi connectivity index (χ3v) is 4.62. The van der Waals surface area contributed by atoms with Crippen molar-refractivity contribution >= 4 is 5.91 Å². The van der Waals surface area contributed by atoms with Gasteiger partial charge in [0.05, 0.1) is 6.04 Å². The fraction of sp³-hybridized carbons (Fsp3) is 0.929. The van der Waals surface area contributed by atoms with Gasteiger partial charge in [0.1, 0.15) is 0 Å². The molecule has 2 unspecified atom stereocenters. The molecule has 2 saturated heterocycles. The van der Waals surface area contributed by atoms with Gasteiger partial charge in [0.25, 0.3) is 0 Å². The van der Waals surface area contributed by atoms with Crippen LogP contribution in [0, 0.1) is 0 Å². The minimum absolute atomic E-state index is 0.0822. The lowest BCUT2D eigenvalue weighted by Crippen LogP contribution is -2.54. The summed E-state index contributed by atoms with van der Waals surface area (Å²) in [5.41, 5.74) is 0. The molecular weight excluding hydrogens is 226 g/mol. The van der Waals surface area contributed by atoms with Crippen molar-refractivity contribution in [2.24, 2.45) is 0 Å². The van der Waals surface area contributed by atoms with Crippen LogP contribution < -0.4 is 5.32 Å². The summed E-state index contributed by atoms with van der Waals surface area (Å²) in [5, 5.41) is 3.33. The summed E-state index contributed by atoms with van der Waals surface area (Å²) in [5.74, 6) is 0.353. The predicted molar refractivity (Wildman–Crippen MR) is 71.4 cm³/mol. The molecule has 2 aliphatic heterocycles. The van der Waals surface area contributed by atoms with Gasteiger partial charge in [-0.2, -0.15) is 0 Å². The number of carbonyl (C=O) groups excluding carboxylic acids is 1. The third kappa shape index (κ3) is 2.41. The Morgan fingerprint density at radius 3 is 2.72 bits per heavy atom. The molecule has 4 nitrogen and oxygen atoms in total. The van der Waals surface area contributed by atoms with E-state index in [1.54, 1.807) is 0 Å². The zero-order valence-electron chi connectivity index (χ0n) is 11.4. The van der Waals surface area contributed by atoms with Crippen LogP contribution in [0.4, 0.5) is 0 Å². The number of nitrogens with one attached hydrogen (secondary N) is 1. The van der Waals surface area contributed by atoms with Crippen molar-refractivity contribution in [2.75, 3.05) is 26.2 Å². The minimum Gasteiger partial charge on any atom is -0.337 e. The van der Waals surface area contributed by atoms with Crippen LogP contribution in [-0.2, 0) is 4.79 Å². The van der Waals surface area contributed by atoms with E-state index in [9.17, 15) is 4.79 Å². The van der Waals surface area contributed by atoms with E-state index < -0.39 is 0 Å². The number of hydrogen-bond acceptors (Lipinski definition) is 3. The van der Waals surface area contributed by atoms with Crippen LogP contribution in [-0.4, -0.2) is 60.0 Å². The SMILES string of the molecule is CCNC1CCCN(C2CCN(C3CC3)C2)C1=O. The first-order valence-corrected chi connectivity index (χ1v) is 7.57. The van der Waals surface area contributed by atoms with E-state index in [0.717, 1.165) is 38.5 Å². The lowest BCUT2D eigenvalue weighted by Gasteiger charge is -2.36. The maximum absolute atomic E-state index is 12.4. The highest BCUT2D eigenvalue weighted by molar-refractivity contribution is 5.83. The molecule has 102 valence electrons. The average molecular weight is 251 g/mol. The number of amides is 1. The van der Waals surface area contributed by atoms with Crippen molar-refractivity contribution in [1.29, 1.82) is 0 Å². The number of carbonyl (C=O) groups is 1. The Labute approximate surface area is 110 Å². The Morgan fingerprint density at radius 2 is 2.00 bits per heavy atom. The molecule has 0 spiro atoms. The van der Waals surface area contributed by atoms with E-state index >= 15 is 0 Å². The molecule has 2 atom stereocenters. The second-order valence-electron chi connectivity index (χ2n) is 5.95. The Bertz CT molecular complexity index is 314. The molecule has 4 heteroatoms. The van der Waals surface area contributed by atoms with Crippen LogP contribution in [0.15, 0.2) is 0 Å². The molecule has 1 aliphatic carbocycles. The summed E-state index contributed by atoms with van der Waals surface area (Å²) in [6, 6.07) is 1.41. The molecule has 1 saturated carbocycles. The highest BCUT2D eigenvalue weighted by Crippen LogP contribution is 2.31. The fourth-order valence-corrected chi connectivity index (χ4v) is 3.49. The van der Waals surface area contributed by atoms with Gasteiger partial charge in [0.15, 0.2) is 0 Å². The van der Waals surface area contributed by atoms with Gasteiger partial charge in [-0.1, -0.05) is 6.92 Å². The molecule has 3 rings (SSSR count). The summed E-state index contributed by atoms with van der Waals surface area (Å²) in [6.45, 7) is 6.27. The number of rotatable bonds is 4. The van der Waals surface area contributed by atoms with Crippen LogP contribution in [0.5, 0.6) is 0 Å². The molecular formula is C14H25N3O. The van der Waals surface area contributed by atoms with Gasteiger partial charge in [0, 0.05) is 31.7 Å². The lowest BCUT2D eigenvalue weighted by molar-refractivity contribution is -0.138. The van der Waals surface area contributed by atoms with Gasteiger partial charge in [-0.15, -0.1) is 0 Å². The van der Waals surface area contributed by atoms with E-state index in [-0.39, 0.29) is 6.04 Å². The minimum atomic E-state index is 0.0822. The number of likely N-dealkylation sites (N-methyl/N-ethyl adjacent to an activating group) is 1. The molecule has 1 N–H and O–H groups in total. The van der Waals surface area contributed by atoms with Crippen LogP contribution >= 0.6 is 0 Å². The van der Waals surface area contributed by atoms with E-state index in [1.165, 1.54) is 25.8 Å². The number of likely N-dealkylation sites (tertiary alicyclic amines) is 2. The molecule has 0 aromatic carbocycles. The van der Waals surface area contributed by atoms with Crippen molar-refractivity contribution < 1.29 is 4.79 Å². The summed E-state index contributed by atoms with van der Waals surface area (Å²) < 4.78 is 0. The molecule has 0 bridgehead atoms. The molecule has 3 fully saturated rings. The largest absolute Gasteiger partial charge is 0.337 e. The zero-order valence-corrected chi connectivity index (χ0v) is 11.4. The first-order chi connectivity index (χ1) is 8.79. The van der Waals surface area contributed by atoms with Crippen LogP contribution in [0.2, 0.25) is 0 Å². The lowest BCUT2D eigenvalue weighted by atomic mass is 10.0. The van der Waals surface area contributed by atoms with E-state index in [4.69, 9.17) is 0 Å². The second kappa shape index (κ2) is 5.17. The summed E-state index contributed by atoms with van der Waals surface area (Å²) in [7, 11) is 0. The van der Waals surface area contributed by atoms with Crippen LogP contribution in [0.3, 0.4) is 0 Å². The van der Waals surface area contributed by atoms with Crippen molar-refractivity contribution in [3.05, 3.63) is 0 Å². The maximum atomic E-state index is 12.4. The summed E-state index contributed by atoms with van der Waals surface area (Å²) in [6.07, 6.45) is 6.11. The summed E-state index contributed by atoms with van der Waals surface area (Å²) >= 11 is 0. The number of hydrogen-bond donors (Lipinski definition) is 1. The van der Waals surface area contributed by atoms with E-state index in [1.807, 2.05) is 0 Å². The molecule has 18 heavy (non-hydrogen) atoms.